The van der Waals surface area contributed by atoms with Gasteiger partial charge in [-0.3, -0.25) is 0 Å². The second-order valence-electron chi connectivity index (χ2n) is 7.68. The standard InChI is InChI=1S/C22H24ClNO6S/c1-15-5-6-19(31(26,27)24-7-3-2-4-8-24)11-20(15)22(25)29-13-17-10-18(23)9-16-12-28-14-30-21(16)17/h5-6,9-11H,2-4,7-8,12-14H2,1H3. The summed E-state index contributed by atoms with van der Waals surface area (Å²) in [7, 11) is -3.65. The molecule has 4 rings (SSSR count). The molecule has 9 heteroatoms. The smallest absolute Gasteiger partial charge is 0.338 e. The molecule has 1 fully saturated rings. The first-order chi connectivity index (χ1) is 14.9. The van der Waals surface area contributed by atoms with Gasteiger partial charge < -0.3 is 14.2 Å². The second kappa shape index (κ2) is 9.16. The Kier molecular flexibility index (Phi) is 6.52. The molecule has 0 amide bonds. The fourth-order valence-electron chi connectivity index (χ4n) is 3.82. The third-order valence-electron chi connectivity index (χ3n) is 5.49. The summed E-state index contributed by atoms with van der Waals surface area (Å²) in [5.74, 6) is -0.00409. The average Bonchev–Trinajstić information content (AvgIpc) is 2.78. The van der Waals surface area contributed by atoms with Crippen LogP contribution in [0.2, 0.25) is 5.02 Å². The van der Waals surface area contributed by atoms with Crippen LogP contribution in [0.5, 0.6) is 5.75 Å². The molecule has 7 nitrogen and oxygen atoms in total. The van der Waals surface area contributed by atoms with Crippen LogP contribution in [0.25, 0.3) is 0 Å². The number of benzene rings is 2. The van der Waals surface area contributed by atoms with Gasteiger partial charge in [0.1, 0.15) is 12.4 Å². The lowest BCUT2D eigenvalue weighted by atomic mass is 10.1. The molecule has 2 aromatic carbocycles. The summed E-state index contributed by atoms with van der Waals surface area (Å²) in [5.41, 5.74) is 2.28. The van der Waals surface area contributed by atoms with Crippen LogP contribution < -0.4 is 4.74 Å². The molecular formula is C22H24ClNO6S. The lowest BCUT2D eigenvalue weighted by molar-refractivity contribution is -0.0180. The highest BCUT2D eigenvalue weighted by molar-refractivity contribution is 7.89. The number of aryl methyl sites for hydroxylation is 1. The minimum Gasteiger partial charge on any atom is -0.467 e. The molecule has 0 bridgehead atoms. The molecule has 2 aliphatic heterocycles. The van der Waals surface area contributed by atoms with E-state index in [2.05, 4.69) is 0 Å². The maximum Gasteiger partial charge on any atom is 0.338 e. The summed E-state index contributed by atoms with van der Waals surface area (Å²) in [4.78, 5) is 12.9. The molecule has 0 spiro atoms. The number of ether oxygens (including phenoxy) is 3. The Bertz CT molecular complexity index is 1100. The fourth-order valence-corrected chi connectivity index (χ4v) is 5.63. The van der Waals surface area contributed by atoms with Crippen LogP contribution in [0.4, 0.5) is 0 Å². The third kappa shape index (κ3) is 4.72. The first kappa shape index (κ1) is 22.1. The zero-order valence-corrected chi connectivity index (χ0v) is 18.8. The number of hydrogen-bond acceptors (Lipinski definition) is 6. The van der Waals surface area contributed by atoms with Gasteiger partial charge in [0, 0.05) is 29.2 Å². The maximum atomic E-state index is 13.0. The van der Waals surface area contributed by atoms with Gasteiger partial charge in [-0.2, -0.15) is 4.31 Å². The SMILES string of the molecule is Cc1ccc(S(=O)(=O)N2CCCCC2)cc1C(=O)OCc1cc(Cl)cc2c1OCOC2. The Morgan fingerprint density at radius 2 is 1.94 bits per heavy atom. The van der Waals surface area contributed by atoms with Gasteiger partial charge in [0.25, 0.3) is 0 Å². The highest BCUT2D eigenvalue weighted by Gasteiger charge is 2.27. The zero-order chi connectivity index (χ0) is 22.0. The highest BCUT2D eigenvalue weighted by atomic mass is 35.5. The van der Waals surface area contributed by atoms with Crippen molar-refractivity contribution in [1.82, 2.24) is 4.31 Å². The van der Waals surface area contributed by atoms with Crippen LogP contribution in [0.1, 0.15) is 46.3 Å². The Hall–Kier alpha value is -2.13. The molecular weight excluding hydrogens is 442 g/mol. The van der Waals surface area contributed by atoms with Crippen molar-refractivity contribution in [2.24, 2.45) is 0 Å². The lowest BCUT2D eigenvalue weighted by Crippen LogP contribution is -2.35. The van der Waals surface area contributed by atoms with Crippen molar-refractivity contribution in [2.45, 2.75) is 44.3 Å². The van der Waals surface area contributed by atoms with Gasteiger partial charge in [0.2, 0.25) is 10.0 Å². The normalized spacial score (nSPS) is 17.0. The second-order valence-corrected chi connectivity index (χ2v) is 10.1. The number of sulfonamides is 1. The van der Waals surface area contributed by atoms with E-state index in [9.17, 15) is 13.2 Å². The molecule has 2 aliphatic rings. The summed E-state index contributed by atoms with van der Waals surface area (Å²) >= 11 is 6.16. The van der Waals surface area contributed by atoms with E-state index in [1.54, 1.807) is 25.1 Å². The molecule has 166 valence electrons. The molecule has 0 aromatic heterocycles. The van der Waals surface area contributed by atoms with E-state index in [1.807, 2.05) is 0 Å². The summed E-state index contributed by atoms with van der Waals surface area (Å²) in [6.07, 6.45) is 2.72. The number of esters is 1. The summed E-state index contributed by atoms with van der Waals surface area (Å²) in [6, 6.07) is 8.01. The minimum atomic E-state index is -3.65. The number of hydrogen-bond donors (Lipinski definition) is 0. The molecule has 31 heavy (non-hydrogen) atoms. The fraction of sp³-hybridized carbons (Fsp3) is 0.409. The minimum absolute atomic E-state index is 0.0513. The number of halogens is 1. The third-order valence-corrected chi connectivity index (χ3v) is 7.61. The number of piperidine rings is 1. The van der Waals surface area contributed by atoms with E-state index in [0.717, 1.165) is 24.8 Å². The summed E-state index contributed by atoms with van der Waals surface area (Å²) in [5, 5.41) is 0.490. The number of fused-ring (bicyclic) bond motifs is 1. The predicted octanol–water partition coefficient (Wildman–Crippen LogP) is 4.05. The molecule has 0 unspecified atom stereocenters. The molecule has 2 aromatic rings. The van der Waals surface area contributed by atoms with E-state index in [-0.39, 0.29) is 23.9 Å². The van der Waals surface area contributed by atoms with E-state index >= 15 is 0 Å². The maximum absolute atomic E-state index is 13.0. The summed E-state index contributed by atoms with van der Waals surface area (Å²) < 4.78 is 43.8. The Balaban J connectivity index is 1.54. The van der Waals surface area contributed by atoms with Gasteiger partial charge >= 0.3 is 5.97 Å². The van der Waals surface area contributed by atoms with Crippen LogP contribution in [-0.4, -0.2) is 38.6 Å². The summed E-state index contributed by atoms with van der Waals surface area (Å²) in [6.45, 7) is 3.18. The van der Waals surface area contributed by atoms with Crippen molar-refractivity contribution < 1.29 is 27.4 Å². The highest BCUT2D eigenvalue weighted by Crippen LogP contribution is 2.32. The molecule has 0 saturated carbocycles. The van der Waals surface area contributed by atoms with Crippen molar-refractivity contribution >= 4 is 27.6 Å². The van der Waals surface area contributed by atoms with Gasteiger partial charge in [-0.25, -0.2) is 13.2 Å². The quantitative estimate of drug-likeness (QED) is 0.619. The van der Waals surface area contributed by atoms with Crippen molar-refractivity contribution in [3.8, 4) is 5.75 Å². The molecule has 0 atom stereocenters. The predicted molar refractivity (Wildman–Crippen MR) is 115 cm³/mol. The van der Waals surface area contributed by atoms with Crippen LogP contribution >= 0.6 is 11.6 Å². The first-order valence-electron chi connectivity index (χ1n) is 10.2. The molecule has 1 saturated heterocycles. The van der Waals surface area contributed by atoms with Crippen LogP contribution in [0, 0.1) is 6.92 Å². The van der Waals surface area contributed by atoms with Crippen molar-refractivity contribution in [1.29, 1.82) is 0 Å². The molecule has 0 aliphatic carbocycles. The van der Waals surface area contributed by atoms with Crippen molar-refractivity contribution in [3.05, 3.63) is 57.6 Å². The Labute approximate surface area is 186 Å². The van der Waals surface area contributed by atoms with Crippen molar-refractivity contribution in [3.63, 3.8) is 0 Å². The van der Waals surface area contributed by atoms with E-state index < -0.39 is 16.0 Å². The number of carbonyl (C=O) groups is 1. The topological polar surface area (TPSA) is 82.1 Å². The van der Waals surface area contributed by atoms with Crippen LogP contribution in [-0.2, 0) is 32.7 Å². The number of carbonyl (C=O) groups excluding carboxylic acids is 1. The van der Waals surface area contributed by atoms with Gasteiger partial charge in [-0.1, -0.05) is 24.1 Å². The van der Waals surface area contributed by atoms with E-state index in [4.69, 9.17) is 25.8 Å². The van der Waals surface area contributed by atoms with Gasteiger partial charge in [-0.15, -0.1) is 0 Å². The van der Waals surface area contributed by atoms with Gasteiger partial charge in [0.05, 0.1) is 17.1 Å². The van der Waals surface area contributed by atoms with Gasteiger partial charge in [-0.05, 0) is 49.6 Å². The van der Waals surface area contributed by atoms with Crippen molar-refractivity contribution in [2.75, 3.05) is 19.9 Å². The Morgan fingerprint density at radius 1 is 1.16 bits per heavy atom. The zero-order valence-electron chi connectivity index (χ0n) is 17.2. The largest absolute Gasteiger partial charge is 0.467 e. The monoisotopic (exact) mass is 465 g/mol. The van der Waals surface area contributed by atoms with E-state index in [0.29, 0.717) is 41.6 Å². The van der Waals surface area contributed by atoms with E-state index in [1.165, 1.54) is 16.4 Å². The lowest BCUT2D eigenvalue weighted by Gasteiger charge is -2.26. The molecule has 0 radical (unpaired) electrons. The Morgan fingerprint density at radius 3 is 2.71 bits per heavy atom. The van der Waals surface area contributed by atoms with Crippen LogP contribution in [0.15, 0.2) is 35.2 Å². The first-order valence-corrected chi connectivity index (χ1v) is 12.0. The average molecular weight is 466 g/mol. The van der Waals surface area contributed by atoms with Crippen LogP contribution in [0.3, 0.4) is 0 Å². The van der Waals surface area contributed by atoms with Gasteiger partial charge in [0.15, 0.2) is 6.79 Å². The molecule has 2 heterocycles. The number of rotatable bonds is 5. The number of nitrogens with zero attached hydrogens (tertiary/aromatic N) is 1. The molecule has 0 N–H and O–H groups in total.